The van der Waals surface area contributed by atoms with E-state index >= 15 is 0 Å². The number of fused-ring (bicyclic) bond motifs is 1. The van der Waals surface area contributed by atoms with Crippen LogP contribution in [-0.2, 0) is 0 Å². The number of thioether (sulfide) groups is 1. The number of hydrogen-bond acceptors (Lipinski definition) is 5. The van der Waals surface area contributed by atoms with Crippen LogP contribution >= 0.6 is 11.8 Å². The topological polar surface area (TPSA) is 63.3 Å². The van der Waals surface area contributed by atoms with Gasteiger partial charge in [0.15, 0.2) is 5.65 Å². The van der Waals surface area contributed by atoms with E-state index in [1.165, 1.54) is 11.8 Å². The van der Waals surface area contributed by atoms with E-state index in [0.717, 1.165) is 16.5 Å². The van der Waals surface area contributed by atoms with Gasteiger partial charge in [0.05, 0.1) is 6.61 Å². The number of aryl methyl sites for hydroxylation is 1. The number of hydrogen-bond donors (Lipinski definition) is 1. The summed E-state index contributed by atoms with van der Waals surface area (Å²) < 4.78 is 1.89. The summed E-state index contributed by atoms with van der Waals surface area (Å²) in [5, 5.41) is 17.9. The van der Waals surface area contributed by atoms with Crippen LogP contribution in [0.1, 0.15) is 12.7 Å². The summed E-state index contributed by atoms with van der Waals surface area (Å²) in [6, 6.07) is 0. The lowest BCUT2D eigenvalue weighted by Crippen LogP contribution is -2.03. The molecule has 2 heterocycles. The Morgan fingerprint density at radius 1 is 1.53 bits per heavy atom. The van der Waals surface area contributed by atoms with Crippen LogP contribution in [-0.4, -0.2) is 36.5 Å². The molecule has 0 aromatic carbocycles. The molecule has 80 valence electrons. The summed E-state index contributed by atoms with van der Waals surface area (Å²) in [4.78, 5) is 4.24. The molecule has 2 rings (SSSR count). The Hall–Kier alpha value is -1.14. The molecular formula is C9H12N4OS. The fourth-order valence-electron chi connectivity index (χ4n) is 1.23. The van der Waals surface area contributed by atoms with Crippen molar-refractivity contribution in [1.29, 1.82) is 0 Å². The summed E-state index contributed by atoms with van der Waals surface area (Å²) in [5.74, 6) is 0.839. The fraction of sp³-hybridized carbons (Fsp3) is 0.444. The van der Waals surface area contributed by atoms with Gasteiger partial charge in [-0.05, 0) is 6.92 Å². The Labute approximate surface area is 91.6 Å². The fourth-order valence-corrected chi connectivity index (χ4v) is 2.05. The maximum atomic E-state index is 8.98. The Kier molecular flexibility index (Phi) is 2.88. The molecule has 0 saturated heterocycles. The molecule has 15 heavy (non-hydrogen) atoms. The predicted molar refractivity (Wildman–Crippen MR) is 57.9 cm³/mol. The van der Waals surface area contributed by atoms with Crippen LogP contribution in [0.15, 0.2) is 17.4 Å². The van der Waals surface area contributed by atoms with Crippen LogP contribution < -0.4 is 0 Å². The first-order chi connectivity index (χ1) is 7.22. The van der Waals surface area contributed by atoms with Crippen LogP contribution in [0.3, 0.4) is 0 Å². The van der Waals surface area contributed by atoms with Crippen molar-refractivity contribution in [3.05, 3.63) is 18.2 Å². The molecule has 0 aliphatic heterocycles. The molecule has 2 aromatic heterocycles. The molecule has 1 atom stereocenters. The van der Waals surface area contributed by atoms with Gasteiger partial charge in [0.2, 0.25) is 0 Å². The SMILES string of the molecule is Cc1nnc2c(SC(C)CO)nccn12. The highest BCUT2D eigenvalue weighted by Crippen LogP contribution is 2.23. The number of aliphatic hydroxyl groups is 1. The van der Waals surface area contributed by atoms with Gasteiger partial charge in [-0.2, -0.15) is 0 Å². The number of aliphatic hydroxyl groups excluding tert-OH is 1. The summed E-state index contributed by atoms with van der Waals surface area (Å²) >= 11 is 1.50. The lowest BCUT2D eigenvalue weighted by Gasteiger charge is -2.06. The molecule has 0 fully saturated rings. The zero-order chi connectivity index (χ0) is 10.8. The number of rotatable bonds is 3. The minimum absolute atomic E-state index is 0.112. The molecule has 0 amide bonds. The molecule has 0 radical (unpaired) electrons. The molecule has 0 aliphatic carbocycles. The van der Waals surface area contributed by atoms with Crippen molar-refractivity contribution < 1.29 is 5.11 Å². The molecule has 0 spiro atoms. The molecule has 1 unspecified atom stereocenters. The van der Waals surface area contributed by atoms with Gasteiger partial charge in [0.25, 0.3) is 0 Å². The second kappa shape index (κ2) is 4.16. The van der Waals surface area contributed by atoms with E-state index in [1.807, 2.05) is 24.4 Å². The first-order valence-corrected chi connectivity index (χ1v) is 5.54. The Balaban J connectivity index is 2.43. The summed E-state index contributed by atoms with van der Waals surface area (Å²) in [6.07, 6.45) is 3.55. The smallest absolute Gasteiger partial charge is 0.193 e. The van der Waals surface area contributed by atoms with Crippen LogP contribution in [0.25, 0.3) is 5.65 Å². The highest BCUT2D eigenvalue weighted by Gasteiger charge is 2.11. The van der Waals surface area contributed by atoms with Crippen molar-refractivity contribution >= 4 is 17.4 Å². The quantitative estimate of drug-likeness (QED) is 0.785. The van der Waals surface area contributed by atoms with Gasteiger partial charge in [0, 0.05) is 17.6 Å². The summed E-state index contributed by atoms with van der Waals surface area (Å²) in [7, 11) is 0. The third kappa shape index (κ3) is 1.95. The van der Waals surface area contributed by atoms with Gasteiger partial charge in [-0.3, -0.25) is 4.40 Å². The van der Waals surface area contributed by atoms with Gasteiger partial charge >= 0.3 is 0 Å². The van der Waals surface area contributed by atoms with Gasteiger partial charge in [-0.15, -0.1) is 10.2 Å². The van der Waals surface area contributed by atoms with E-state index < -0.39 is 0 Å². The van der Waals surface area contributed by atoms with Crippen LogP contribution in [0.5, 0.6) is 0 Å². The first kappa shape index (κ1) is 10.4. The minimum atomic E-state index is 0.112. The maximum Gasteiger partial charge on any atom is 0.193 e. The van der Waals surface area contributed by atoms with Gasteiger partial charge in [0.1, 0.15) is 10.9 Å². The zero-order valence-electron chi connectivity index (χ0n) is 8.58. The van der Waals surface area contributed by atoms with Gasteiger partial charge < -0.3 is 5.11 Å². The van der Waals surface area contributed by atoms with Gasteiger partial charge in [-0.1, -0.05) is 18.7 Å². The molecule has 1 N–H and O–H groups in total. The normalized spacial score (nSPS) is 13.3. The molecule has 0 bridgehead atoms. The van der Waals surface area contributed by atoms with Crippen molar-refractivity contribution in [3.8, 4) is 0 Å². The lowest BCUT2D eigenvalue weighted by molar-refractivity contribution is 0.300. The molecule has 0 saturated carbocycles. The van der Waals surface area contributed by atoms with Crippen LogP contribution in [0, 0.1) is 6.92 Å². The van der Waals surface area contributed by atoms with Crippen molar-refractivity contribution in [1.82, 2.24) is 19.6 Å². The molecule has 6 heteroatoms. The molecule has 0 aliphatic rings. The van der Waals surface area contributed by atoms with E-state index in [2.05, 4.69) is 15.2 Å². The van der Waals surface area contributed by atoms with E-state index in [4.69, 9.17) is 5.11 Å². The maximum absolute atomic E-state index is 8.98. The highest BCUT2D eigenvalue weighted by atomic mass is 32.2. The Bertz CT molecular complexity index is 470. The number of aromatic nitrogens is 4. The van der Waals surface area contributed by atoms with E-state index in [9.17, 15) is 0 Å². The largest absolute Gasteiger partial charge is 0.395 e. The second-order valence-electron chi connectivity index (χ2n) is 3.28. The third-order valence-corrected chi connectivity index (χ3v) is 3.10. The van der Waals surface area contributed by atoms with E-state index in [-0.39, 0.29) is 11.9 Å². The molecule has 5 nitrogen and oxygen atoms in total. The van der Waals surface area contributed by atoms with Crippen molar-refractivity contribution in [2.75, 3.05) is 6.61 Å². The van der Waals surface area contributed by atoms with Crippen LogP contribution in [0.4, 0.5) is 0 Å². The average molecular weight is 224 g/mol. The first-order valence-electron chi connectivity index (χ1n) is 4.66. The predicted octanol–water partition coefficient (Wildman–Crippen LogP) is 0.906. The van der Waals surface area contributed by atoms with Crippen LogP contribution in [0.2, 0.25) is 0 Å². The minimum Gasteiger partial charge on any atom is -0.395 e. The zero-order valence-corrected chi connectivity index (χ0v) is 9.40. The van der Waals surface area contributed by atoms with Crippen molar-refractivity contribution in [2.45, 2.75) is 24.1 Å². The van der Waals surface area contributed by atoms with Crippen molar-refractivity contribution in [2.24, 2.45) is 0 Å². The third-order valence-electron chi connectivity index (χ3n) is 2.04. The highest BCUT2D eigenvalue weighted by molar-refractivity contribution is 8.00. The Morgan fingerprint density at radius 3 is 3.07 bits per heavy atom. The molecule has 2 aromatic rings. The monoisotopic (exact) mass is 224 g/mol. The number of nitrogens with zero attached hydrogens (tertiary/aromatic N) is 4. The average Bonchev–Trinajstić information content (AvgIpc) is 2.62. The Morgan fingerprint density at radius 2 is 2.33 bits per heavy atom. The second-order valence-corrected chi connectivity index (χ2v) is 4.71. The molecular weight excluding hydrogens is 212 g/mol. The standard InChI is InChI=1S/C9H12N4OS/c1-6(5-14)15-9-8-12-11-7(2)13(8)4-3-10-9/h3-4,6,14H,5H2,1-2H3. The summed E-state index contributed by atoms with van der Waals surface area (Å²) in [6.45, 7) is 3.96. The van der Waals surface area contributed by atoms with Crippen molar-refractivity contribution in [3.63, 3.8) is 0 Å². The summed E-state index contributed by atoms with van der Waals surface area (Å²) in [5.41, 5.74) is 0.750. The van der Waals surface area contributed by atoms with E-state index in [0.29, 0.717) is 0 Å². The van der Waals surface area contributed by atoms with Gasteiger partial charge in [-0.25, -0.2) is 4.98 Å². The van der Waals surface area contributed by atoms with E-state index in [1.54, 1.807) is 6.20 Å². The lowest BCUT2D eigenvalue weighted by atomic mass is 10.5.